The van der Waals surface area contributed by atoms with Gasteiger partial charge in [0.25, 0.3) is 0 Å². The monoisotopic (exact) mass is 319 g/mol. The molecular formula is C11H8BrF2NOS. The molecule has 2 nitrogen and oxygen atoms in total. The summed E-state index contributed by atoms with van der Waals surface area (Å²) in [4.78, 5) is 3.97. The van der Waals surface area contributed by atoms with E-state index in [-0.39, 0.29) is 12.4 Å². The average Bonchev–Trinajstić information content (AvgIpc) is 2.80. The predicted molar refractivity (Wildman–Crippen MR) is 65.4 cm³/mol. The maximum Gasteiger partial charge on any atom is 0.191 e. The van der Waals surface area contributed by atoms with E-state index in [0.717, 1.165) is 0 Å². The van der Waals surface area contributed by atoms with Crippen LogP contribution in [0.2, 0.25) is 0 Å². The lowest BCUT2D eigenvalue weighted by Gasteiger charge is -2.08. The number of thiazole rings is 1. The maximum absolute atomic E-state index is 13.5. The number of hydrogen-bond acceptors (Lipinski definition) is 3. The third kappa shape index (κ3) is 3.01. The molecule has 0 saturated heterocycles. The molecule has 0 atom stereocenters. The molecule has 0 spiro atoms. The molecule has 0 amide bonds. The zero-order valence-electron chi connectivity index (χ0n) is 8.62. The summed E-state index contributed by atoms with van der Waals surface area (Å²) in [6.45, 7) is 0.0686. The molecule has 1 aromatic carbocycles. The second kappa shape index (κ2) is 5.55. The predicted octanol–water partition coefficient (Wildman–Crippen LogP) is 3.90. The van der Waals surface area contributed by atoms with Gasteiger partial charge in [-0.3, -0.25) is 0 Å². The van der Waals surface area contributed by atoms with E-state index in [0.29, 0.717) is 15.9 Å². The SMILES string of the molecule is Fc1cc(CBr)cc(F)c1OCc1nccs1. The highest BCUT2D eigenvalue weighted by atomic mass is 79.9. The van der Waals surface area contributed by atoms with Crippen LogP contribution in [0.3, 0.4) is 0 Å². The van der Waals surface area contributed by atoms with Gasteiger partial charge in [-0.1, -0.05) is 15.9 Å². The molecule has 0 fully saturated rings. The van der Waals surface area contributed by atoms with Crippen LogP contribution in [0, 0.1) is 11.6 Å². The number of alkyl halides is 1. The summed E-state index contributed by atoms with van der Waals surface area (Å²) < 4.78 is 32.1. The Bertz CT molecular complexity index is 481. The van der Waals surface area contributed by atoms with Gasteiger partial charge in [0.15, 0.2) is 17.4 Å². The summed E-state index contributed by atoms with van der Waals surface area (Å²) in [6.07, 6.45) is 1.62. The number of nitrogens with zero attached hydrogens (tertiary/aromatic N) is 1. The maximum atomic E-state index is 13.5. The zero-order valence-corrected chi connectivity index (χ0v) is 11.0. The minimum absolute atomic E-state index is 0.0686. The number of halogens is 3. The Hall–Kier alpha value is -1.01. The van der Waals surface area contributed by atoms with Gasteiger partial charge in [0.1, 0.15) is 11.6 Å². The minimum Gasteiger partial charge on any atom is -0.480 e. The highest BCUT2D eigenvalue weighted by Crippen LogP contribution is 2.25. The topological polar surface area (TPSA) is 22.1 Å². The summed E-state index contributed by atoms with van der Waals surface area (Å²) in [5.41, 5.74) is 0.529. The average molecular weight is 320 g/mol. The molecule has 0 bridgehead atoms. The van der Waals surface area contributed by atoms with Gasteiger partial charge in [-0.15, -0.1) is 11.3 Å². The fourth-order valence-electron chi connectivity index (χ4n) is 1.29. The Morgan fingerprint density at radius 3 is 2.53 bits per heavy atom. The van der Waals surface area contributed by atoms with E-state index in [1.165, 1.54) is 23.5 Å². The molecule has 0 aliphatic heterocycles. The van der Waals surface area contributed by atoms with Gasteiger partial charge in [-0.25, -0.2) is 13.8 Å². The largest absolute Gasteiger partial charge is 0.480 e. The van der Waals surface area contributed by atoms with Crippen molar-refractivity contribution in [2.75, 3.05) is 0 Å². The van der Waals surface area contributed by atoms with Gasteiger partial charge in [-0.05, 0) is 17.7 Å². The van der Waals surface area contributed by atoms with E-state index in [9.17, 15) is 8.78 Å². The summed E-state index contributed by atoms with van der Waals surface area (Å²) in [5.74, 6) is -1.75. The zero-order chi connectivity index (χ0) is 12.3. The highest BCUT2D eigenvalue weighted by molar-refractivity contribution is 9.08. The van der Waals surface area contributed by atoms with Crippen molar-refractivity contribution in [1.29, 1.82) is 0 Å². The van der Waals surface area contributed by atoms with E-state index in [1.807, 2.05) is 0 Å². The van der Waals surface area contributed by atoms with Crippen molar-refractivity contribution in [2.45, 2.75) is 11.9 Å². The molecule has 0 N–H and O–H groups in total. The van der Waals surface area contributed by atoms with Crippen molar-refractivity contribution in [3.8, 4) is 5.75 Å². The number of benzene rings is 1. The molecule has 6 heteroatoms. The second-order valence-electron chi connectivity index (χ2n) is 3.24. The lowest BCUT2D eigenvalue weighted by molar-refractivity contribution is 0.273. The Morgan fingerprint density at radius 1 is 1.29 bits per heavy atom. The lowest BCUT2D eigenvalue weighted by atomic mass is 10.2. The van der Waals surface area contributed by atoms with Crippen LogP contribution in [0.15, 0.2) is 23.7 Å². The van der Waals surface area contributed by atoms with Gasteiger partial charge in [0.2, 0.25) is 0 Å². The molecule has 1 heterocycles. The molecule has 0 aliphatic rings. The van der Waals surface area contributed by atoms with Crippen LogP contribution in [0.1, 0.15) is 10.6 Å². The molecule has 1 aromatic heterocycles. The minimum atomic E-state index is -0.698. The van der Waals surface area contributed by atoms with Gasteiger partial charge in [0, 0.05) is 16.9 Å². The first-order valence-corrected chi connectivity index (χ1v) is 6.76. The first-order valence-electron chi connectivity index (χ1n) is 4.75. The van der Waals surface area contributed by atoms with Crippen LogP contribution in [0.5, 0.6) is 5.75 Å². The van der Waals surface area contributed by atoms with E-state index in [2.05, 4.69) is 20.9 Å². The Balaban J connectivity index is 2.15. The van der Waals surface area contributed by atoms with Crippen molar-refractivity contribution >= 4 is 27.3 Å². The molecule has 0 radical (unpaired) electrons. The standard InChI is InChI=1S/C11H8BrF2NOS/c12-5-7-3-8(13)11(9(14)4-7)16-6-10-15-1-2-17-10/h1-4H,5-6H2. The first kappa shape index (κ1) is 12.4. The number of hydrogen-bond donors (Lipinski definition) is 0. The van der Waals surface area contributed by atoms with E-state index in [1.54, 1.807) is 11.6 Å². The smallest absolute Gasteiger partial charge is 0.191 e. The van der Waals surface area contributed by atoms with Crippen LogP contribution >= 0.6 is 27.3 Å². The second-order valence-corrected chi connectivity index (χ2v) is 4.78. The summed E-state index contributed by atoms with van der Waals surface area (Å²) in [7, 11) is 0. The van der Waals surface area contributed by atoms with Crippen LogP contribution in [0.4, 0.5) is 8.78 Å². The molecular weight excluding hydrogens is 312 g/mol. The fourth-order valence-corrected chi connectivity index (χ4v) is 2.14. The van der Waals surface area contributed by atoms with Crippen molar-refractivity contribution in [3.63, 3.8) is 0 Å². The summed E-state index contributed by atoms with van der Waals surface area (Å²) in [6, 6.07) is 2.49. The van der Waals surface area contributed by atoms with Crippen LogP contribution in [-0.2, 0) is 11.9 Å². The molecule has 0 unspecified atom stereocenters. The summed E-state index contributed by atoms with van der Waals surface area (Å²) in [5, 5.41) is 2.85. The van der Waals surface area contributed by atoms with Crippen LogP contribution in [0.25, 0.3) is 0 Å². The molecule has 0 saturated carbocycles. The van der Waals surface area contributed by atoms with Crippen molar-refractivity contribution < 1.29 is 13.5 Å². The third-order valence-electron chi connectivity index (χ3n) is 2.04. The molecule has 2 aromatic rings. The van der Waals surface area contributed by atoms with Crippen molar-refractivity contribution in [2.24, 2.45) is 0 Å². The normalized spacial score (nSPS) is 10.5. The van der Waals surface area contributed by atoms with Gasteiger partial charge in [-0.2, -0.15) is 0 Å². The van der Waals surface area contributed by atoms with Crippen molar-refractivity contribution in [1.82, 2.24) is 4.98 Å². The summed E-state index contributed by atoms with van der Waals surface area (Å²) >= 11 is 4.51. The van der Waals surface area contributed by atoms with Crippen LogP contribution in [-0.4, -0.2) is 4.98 Å². The quantitative estimate of drug-likeness (QED) is 0.797. The Morgan fingerprint density at radius 2 is 2.00 bits per heavy atom. The van der Waals surface area contributed by atoms with E-state index in [4.69, 9.17) is 4.74 Å². The number of ether oxygens (including phenoxy) is 1. The highest BCUT2D eigenvalue weighted by Gasteiger charge is 2.12. The fraction of sp³-hybridized carbons (Fsp3) is 0.182. The third-order valence-corrected chi connectivity index (χ3v) is 3.44. The number of rotatable bonds is 4. The first-order chi connectivity index (χ1) is 8.20. The number of aromatic nitrogens is 1. The van der Waals surface area contributed by atoms with Crippen molar-refractivity contribution in [3.05, 3.63) is 45.9 Å². The van der Waals surface area contributed by atoms with E-state index >= 15 is 0 Å². The van der Waals surface area contributed by atoms with E-state index < -0.39 is 11.6 Å². The molecule has 0 aliphatic carbocycles. The Labute approximate surface area is 109 Å². The van der Waals surface area contributed by atoms with Crippen LogP contribution < -0.4 is 4.74 Å². The van der Waals surface area contributed by atoms with Gasteiger partial charge < -0.3 is 4.74 Å². The van der Waals surface area contributed by atoms with Gasteiger partial charge >= 0.3 is 0 Å². The lowest BCUT2D eigenvalue weighted by Crippen LogP contribution is -2.00. The Kier molecular flexibility index (Phi) is 4.06. The molecule has 2 rings (SSSR count). The molecule has 17 heavy (non-hydrogen) atoms. The molecule has 90 valence electrons. The van der Waals surface area contributed by atoms with Gasteiger partial charge in [0.05, 0.1) is 0 Å².